The summed E-state index contributed by atoms with van der Waals surface area (Å²) in [6.07, 6.45) is -0.782. The molecule has 0 saturated carbocycles. The second-order valence-corrected chi connectivity index (χ2v) is 15.2. The lowest BCUT2D eigenvalue weighted by atomic mass is 10.2. The zero-order valence-corrected chi connectivity index (χ0v) is 27.7. The van der Waals surface area contributed by atoms with Crippen LogP contribution in [-0.4, -0.2) is 65.2 Å². The normalized spacial score (nSPS) is 22.3. The number of aliphatic hydroxyl groups is 1. The highest BCUT2D eigenvalue weighted by atomic mass is 31.3. The third kappa shape index (κ3) is 9.31. The van der Waals surface area contributed by atoms with E-state index in [0.29, 0.717) is 5.56 Å². The molecule has 1 fully saturated rings. The number of phosphoric ester groups is 1. The van der Waals surface area contributed by atoms with E-state index < -0.39 is 60.4 Å². The number of carbonyl (C=O) groups excluding carboxylic acids is 1. The number of imidazole rings is 1. The van der Waals surface area contributed by atoms with E-state index in [4.69, 9.17) is 28.6 Å². The van der Waals surface area contributed by atoms with Gasteiger partial charge in [-0.05, 0) is 24.6 Å². The Hall–Kier alpha value is -3.57. The molecule has 48 heavy (non-hydrogen) atoms. The number of anilines is 1. The number of nitrogen functional groups attached to an aromatic ring is 1. The van der Waals surface area contributed by atoms with Crippen molar-refractivity contribution < 1.29 is 60.5 Å². The molecule has 1 aliphatic rings. The number of nitrogens with one attached hydrogen (secondary N) is 1. The van der Waals surface area contributed by atoms with Crippen molar-refractivity contribution in [3.05, 3.63) is 78.9 Å². The van der Waals surface area contributed by atoms with Gasteiger partial charge in [0.15, 0.2) is 17.7 Å². The Morgan fingerprint density at radius 1 is 1.04 bits per heavy atom. The summed E-state index contributed by atoms with van der Waals surface area (Å²) in [7, 11) is -16.2. The maximum atomic E-state index is 13.7. The Kier molecular flexibility index (Phi) is 11.1. The van der Waals surface area contributed by atoms with E-state index in [2.05, 4.69) is 24.3 Å². The number of rotatable bonds is 15. The topological polar surface area (TPSA) is 266 Å². The van der Waals surface area contributed by atoms with Gasteiger partial charge in [0.2, 0.25) is 0 Å². The Morgan fingerprint density at radius 3 is 2.44 bits per heavy atom. The average molecular weight is 728 g/mol. The highest BCUT2D eigenvalue weighted by Gasteiger charge is 2.46. The Balaban J connectivity index is 1.21. The number of nitrogens with two attached hydrogens (primary N) is 1. The van der Waals surface area contributed by atoms with Crippen molar-refractivity contribution in [1.82, 2.24) is 24.6 Å². The predicted octanol–water partition coefficient (Wildman–Crippen LogP) is 3.22. The van der Waals surface area contributed by atoms with Crippen LogP contribution in [0, 0.1) is 0 Å². The fourth-order valence-corrected chi connectivity index (χ4v) is 8.87. The van der Waals surface area contributed by atoms with Crippen molar-refractivity contribution in [2.24, 2.45) is 0 Å². The lowest BCUT2D eigenvalue weighted by molar-refractivity contribution is -0.146. The largest absolute Gasteiger partial charge is 0.490 e. The van der Waals surface area contributed by atoms with Crippen molar-refractivity contribution in [3.8, 4) is 5.75 Å². The monoisotopic (exact) mass is 728 g/mol. The molecule has 2 aromatic heterocycles. The van der Waals surface area contributed by atoms with Gasteiger partial charge in [-0.3, -0.25) is 13.9 Å². The maximum absolute atomic E-state index is 13.7. The molecule has 3 heterocycles. The van der Waals surface area contributed by atoms with Crippen LogP contribution < -0.4 is 15.3 Å². The molecule has 1 saturated heterocycles. The van der Waals surface area contributed by atoms with Gasteiger partial charge in [0.25, 0.3) is 0 Å². The summed E-state index contributed by atoms with van der Waals surface area (Å²) in [5.74, 6) is -0.944. The Bertz CT molecular complexity index is 1870. The van der Waals surface area contributed by atoms with Crippen molar-refractivity contribution in [3.63, 3.8) is 0 Å². The Labute approximate surface area is 272 Å². The first-order valence-electron chi connectivity index (χ1n) is 14.0. The zero-order chi connectivity index (χ0) is 34.5. The fraction of sp³-hybridized carbons (Fsp3) is 0.308. The molecule has 0 spiro atoms. The zero-order valence-electron chi connectivity index (χ0n) is 25.0. The number of para-hydroxylation sites is 1. The minimum Gasteiger partial charge on any atom is -0.460 e. The van der Waals surface area contributed by atoms with Crippen LogP contribution >= 0.6 is 23.4 Å². The van der Waals surface area contributed by atoms with Gasteiger partial charge >= 0.3 is 29.4 Å². The molecule has 4 aromatic rings. The number of aromatic nitrogens is 4. The van der Waals surface area contributed by atoms with E-state index in [1.807, 2.05) is 0 Å². The number of carbonyl (C=O) groups is 1. The number of benzene rings is 2. The smallest absolute Gasteiger partial charge is 0.460 e. The summed E-state index contributed by atoms with van der Waals surface area (Å²) < 4.78 is 70.8. The van der Waals surface area contributed by atoms with Crippen molar-refractivity contribution in [2.45, 2.75) is 44.4 Å². The molecule has 0 aliphatic carbocycles. The van der Waals surface area contributed by atoms with E-state index in [-0.39, 0.29) is 35.8 Å². The molecule has 4 unspecified atom stereocenters. The number of fused-ring (bicyclic) bond motifs is 1. The number of hydrogen-bond donors (Lipinski definition) is 5. The van der Waals surface area contributed by atoms with Gasteiger partial charge in [0.05, 0.1) is 19.0 Å². The summed E-state index contributed by atoms with van der Waals surface area (Å²) in [5, 5.41) is 12.7. The van der Waals surface area contributed by atoms with Gasteiger partial charge in [0.1, 0.15) is 36.3 Å². The molecule has 19 nitrogen and oxygen atoms in total. The summed E-state index contributed by atoms with van der Waals surface area (Å²) in [6, 6.07) is 14.5. The van der Waals surface area contributed by atoms with E-state index in [0.717, 1.165) is 0 Å². The van der Waals surface area contributed by atoms with E-state index in [9.17, 15) is 33.4 Å². The summed E-state index contributed by atoms with van der Waals surface area (Å²) in [6.45, 7) is 0.387. The van der Waals surface area contributed by atoms with Crippen LogP contribution in [0.5, 0.6) is 5.75 Å². The molecular weight excluding hydrogens is 697 g/mol. The minimum absolute atomic E-state index is 0.0967. The highest BCUT2D eigenvalue weighted by molar-refractivity contribution is 7.68. The van der Waals surface area contributed by atoms with Gasteiger partial charge in [-0.25, -0.2) is 28.6 Å². The van der Waals surface area contributed by atoms with Crippen LogP contribution in [0.15, 0.2) is 73.3 Å². The molecule has 2 aromatic carbocycles. The lowest BCUT2D eigenvalue weighted by Crippen LogP contribution is -2.34. The number of phosphoric acid groups is 2. The summed E-state index contributed by atoms with van der Waals surface area (Å²) in [5.41, 5.74) is 6.98. The van der Waals surface area contributed by atoms with Crippen LogP contribution in [0.3, 0.4) is 0 Å². The van der Waals surface area contributed by atoms with Crippen LogP contribution in [-0.2, 0) is 47.7 Å². The van der Waals surface area contributed by atoms with Crippen molar-refractivity contribution >= 4 is 46.3 Å². The number of ether oxygens (including phenoxy) is 2. The standard InChI is InChI=1S/C26H31N6O13P3/c1-17(26(34)40-13-18-8-4-2-5-9-18)31-46(35,43-19-10-6-3-7-11-19)44-48(38,39)45-47(36,37)41-14-20-12-21(33)25(42-20)32-16-30-22-23(27)28-15-29-24(22)32/h2-11,15-17,20-21,25,33H,12-14H2,1H3,(H,31,35)(H,36,37)(H,38,39)(H2,27,28,29)/t17-,20-,21-,25?,46?/m0/s1. The molecule has 0 radical (unpaired) electrons. The van der Waals surface area contributed by atoms with Gasteiger partial charge in [-0.1, -0.05) is 48.5 Å². The quantitative estimate of drug-likeness (QED) is 0.0868. The number of hydrogen-bond acceptors (Lipinski definition) is 15. The first-order chi connectivity index (χ1) is 22.7. The molecular formula is C26H31N6O13P3. The summed E-state index contributed by atoms with van der Waals surface area (Å²) >= 11 is 0. The van der Waals surface area contributed by atoms with Crippen molar-refractivity contribution in [1.29, 1.82) is 0 Å². The summed E-state index contributed by atoms with van der Waals surface area (Å²) in [4.78, 5) is 45.3. The minimum atomic E-state index is -5.75. The first-order valence-corrected chi connectivity index (χ1v) is 18.6. The van der Waals surface area contributed by atoms with Gasteiger partial charge in [-0.15, -0.1) is 0 Å². The molecule has 22 heteroatoms. The van der Waals surface area contributed by atoms with Crippen LogP contribution in [0.25, 0.3) is 11.2 Å². The van der Waals surface area contributed by atoms with E-state index >= 15 is 0 Å². The lowest BCUT2D eigenvalue weighted by Gasteiger charge is -2.24. The van der Waals surface area contributed by atoms with Crippen LogP contribution in [0.2, 0.25) is 0 Å². The molecule has 5 rings (SSSR count). The molecule has 1 aliphatic heterocycles. The number of aliphatic hydroxyl groups excluding tert-OH is 1. The van der Waals surface area contributed by atoms with E-state index in [1.165, 1.54) is 48.4 Å². The molecule has 7 atom stereocenters. The van der Waals surface area contributed by atoms with Crippen LogP contribution in [0.1, 0.15) is 25.1 Å². The molecule has 258 valence electrons. The number of nitrogens with zero attached hydrogens (tertiary/aromatic N) is 4. The van der Waals surface area contributed by atoms with Gasteiger partial charge < -0.3 is 34.6 Å². The van der Waals surface area contributed by atoms with Crippen molar-refractivity contribution in [2.75, 3.05) is 12.3 Å². The third-order valence-corrected chi connectivity index (χ3v) is 11.5. The number of esters is 1. The molecule has 0 amide bonds. The average Bonchev–Trinajstić information content (AvgIpc) is 3.62. The maximum Gasteiger partial charge on any atom is 0.490 e. The highest BCUT2D eigenvalue weighted by Crippen LogP contribution is 2.67. The molecule has 0 bridgehead atoms. The first kappa shape index (κ1) is 35.7. The SMILES string of the molecule is C[C@H](NP(=O)(Oc1ccccc1)OP(=O)(O)OP(=O)(O)OC[C@@H]1C[C@H](O)C(n2cnc3c(N)ncnc32)O1)C(=O)OCc1ccccc1. The van der Waals surface area contributed by atoms with Crippen LogP contribution in [0.4, 0.5) is 5.82 Å². The predicted molar refractivity (Wildman–Crippen MR) is 166 cm³/mol. The second-order valence-electron chi connectivity index (χ2n) is 10.3. The molecule has 6 N–H and O–H groups in total. The fourth-order valence-electron chi connectivity index (χ4n) is 4.46. The van der Waals surface area contributed by atoms with Gasteiger partial charge in [0, 0.05) is 6.42 Å². The van der Waals surface area contributed by atoms with E-state index in [1.54, 1.807) is 36.4 Å². The second kappa shape index (κ2) is 14.9. The Morgan fingerprint density at radius 2 is 1.73 bits per heavy atom. The third-order valence-electron chi connectivity index (χ3n) is 6.57. The van der Waals surface area contributed by atoms with Gasteiger partial charge in [-0.2, -0.15) is 13.7 Å².